The fourth-order valence-electron chi connectivity index (χ4n) is 4.21. The van der Waals surface area contributed by atoms with Gasteiger partial charge in [-0.15, -0.1) is 0 Å². The number of ether oxygens (including phenoxy) is 2. The van der Waals surface area contributed by atoms with Crippen LogP contribution < -0.4 is 10.6 Å². The SMILES string of the molecule is CN=C(NCCCOCC1CCCO1)NC1CC1C1CCCCC1. The fraction of sp³-hybridized carbons (Fsp3) is 0.947. The van der Waals surface area contributed by atoms with Gasteiger partial charge in [0.15, 0.2) is 5.96 Å². The topological polar surface area (TPSA) is 54.9 Å². The van der Waals surface area contributed by atoms with Crippen LogP contribution in [0.25, 0.3) is 0 Å². The Hall–Kier alpha value is -0.810. The van der Waals surface area contributed by atoms with E-state index in [0.717, 1.165) is 57.0 Å². The molecule has 3 aliphatic rings. The van der Waals surface area contributed by atoms with Gasteiger partial charge in [0.2, 0.25) is 0 Å². The molecule has 138 valence electrons. The average Bonchev–Trinajstić information content (AvgIpc) is 3.19. The molecule has 3 fully saturated rings. The highest BCUT2D eigenvalue weighted by atomic mass is 16.5. The van der Waals surface area contributed by atoms with Crippen molar-refractivity contribution in [1.29, 1.82) is 0 Å². The van der Waals surface area contributed by atoms with Crippen molar-refractivity contribution < 1.29 is 9.47 Å². The van der Waals surface area contributed by atoms with Crippen molar-refractivity contribution in [3.05, 3.63) is 0 Å². The highest BCUT2D eigenvalue weighted by Crippen LogP contribution is 2.44. The monoisotopic (exact) mass is 337 g/mol. The van der Waals surface area contributed by atoms with Gasteiger partial charge in [0.1, 0.15) is 0 Å². The van der Waals surface area contributed by atoms with Gasteiger partial charge in [0, 0.05) is 32.8 Å². The zero-order chi connectivity index (χ0) is 16.6. The molecule has 5 nitrogen and oxygen atoms in total. The summed E-state index contributed by atoms with van der Waals surface area (Å²) in [5.74, 6) is 2.80. The van der Waals surface area contributed by atoms with Crippen molar-refractivity contribution in [2.75, 3.05) is 33.4 Å². The lowest BCUT2D eigenvalue weighted by Crippen LogP contribution is -2.40. The van der Waals surface area contributed by atoms with Gasteiger partial charge in [-0.1, -0.05) is 32.1 Å². The molecule has 0 aromatic heterocycles. The molecule has 0 spiro atoms. The molecule has 0 aromatic rings. The average molecular weight is 338 g/mol. The van der Waals surface area contributed by atoms with Crippen molar-refractivity contribution in [2.24, 2.45) is 16.8 Å². The van der Waals surface area contributed by atoms with Crippen LogP contribution >= 0.6 is 0 Å². The summed E-state index contributed by atoms with van der Waals surface area (Å²) in [6, 6.07) is 0.648. The van der Waals surface area contributed by atoms with E-state index in [1.807, 2.05) is 7.05 Å². The Morgan fingerprint density at radius 1 is 1.17 bits per heavy atom. The van der Waals surface area contributed by atoms with Gasteiger partial charge in [-0.2, -0.15) is 0 Å². The molecule has 2 saturated carbocycles. The van der Waals surface area contributed by atoms with Crippen LogP contribution in [0.3, 0.4) is 0 Å². The van der Waals surface area contributed by atoms with Crippen LogP contribution in [0.1, 0.15) is 57.8 Å². The standard InChI is InChI=1S/C19H35N3O2/c1-20-19(21-10-6-11-23-14-16-9-5-12-24-16)22-18-13-17(18)15-7-3-2-4-8-15/h15-18H,2-14H2,1H3,(H2,20,21,22). The van der Waals surface area contributed by atoms with Crippen molar-refractivity contribution in [3.8, 4) is 0 Å². The first-order valence-electron chi connectivity index (χ1n) is 10.0. The predicted octanol–water partition coefficient (Wildman–Crippen LogP) is 2.71. The van der Waals surface area contributed by atoms with E-state index in [-0.39, 0.29) is 0 Å². The molecule has 0 bridgehead atoms. The highest BCUT2D eigenvalue weighted by Gasteiger charge is 2.43. The number of rotatable bonds is 8. The fourth-order valence-corrected chi connectivity index (χ4v) is 4.21. The largest absolute Gasteiger partial charge is 0.379 e. The molecule has 0 amide bonds. The molecule has 2 N–H and O–H groups in total. The molecule has 5 heteroatoms. The van der Waals surface area contributed by atoms with Gasteiger partial charge >= 0.3 is 0 Å². The quantitative estimate of drug-likeness (QED) is 0.406. The normalized spacial score (nSPS) is 31.2. The van der Waals surface area contributed by atoms with Crippen molar-refractivity contribution >= 4 is 5.96 Å². The lowest BCUT2D eigenvalue weighted by molar-refractivity contribution is 0.0168. The molecule has 3 atom stereocenters. The molecule has 0 aromatic carbocycles. The minimum absolute atomic E-state index is 0.332. The molecular formula is C19H35N3O2. The van der Waals surface area contributed by atoms with Crippen LogP contribution in [0.2, 0.25) is 0 Å². The lowest BCUT2D eigenvalue weighted by atomic mass is 9.85. The summed E-state index contributed by atoms with van der Waals surface area (Å²) in [5.41, 5.74) is 0. The third kappa shape index (κ3) is 5.62. The number of guanidine groups is 1. The lowest BCUT2D eigenvalue weighted by Gasteiger charge is -2.22. The maximum absolute atomic E-state index is 5.70. The van der Waals surface area contributed by atoms with Gasteiger partial charge in [0.25, 0.3) is 0 Å². The molecule has 3 unspecified atom stereocenters. The predicted molar refractivity (Wildman–Crippen MR) is 97.4 cm³/mol. The minimum atomic E-state index is 0.332. The van der Waals surface area contributed by atoms with E-state index in [0.29, 0.717) is 12.1 Å². The summed E-state index contributed by atoms with van der Waals surface area (Å²) >= 11 is 0. The van der Waals surface area contributed by atoms with Gasteiger partial charge in [-0.05, 0) is 37.5 Å². The second-order valence-electron chi connectivity index (χ2n) is 7.61. The zero-order valence-corrected chi connectivity index (χ0v) is 15.3. The first kappa shape index (κ1) is 18.0. The Morgan fingerprint density at radius 2 is 2.04 bits per heavy atom. The van der Waals surface area contributed by atoms with E-state index in [2.05, 4.69) is 15.6 Å². The number of hydrogen-bond donors (Lipinski definition) is 2. The van der Waals surface area contributed by atoms with Crippen molar-refractivity contribution in [1.82, 2.24) is 10.6 Å². The molecule has 3 rings (SSSR count). The third-order valence-corrected chi connectivity index (χ3v) is 5.73. The van der Waals surface area contributed by atoms with Gasteiger partial charge < -0.3 is 20.1 Å². The number of nitrogens with one attached hydrogen (secondary N) is 2. The molecular weight excluding hydrogens is 302 g/mol. The van der Waals surface area contributed by atoms with E-state index in [1.165, 1.54) is 44.9 Å². The molecule has 1 aliphatic heterocycles. The number of hydrogen-bond acceptors (Lipinski definition) is 3. The Bertz CT molecular complexity index is 390. The smallest absolute Gasteiger partial charge is 0.191 e. The van der Waals surface area contributed by atoms with Crippen molar-refractivity contribution in [3.63, 3.8) is 0 Å². The van der Waals surface area contributed by atoms with E-state index in [4.69, 9.17) is 9.47 Å². The summed E-state index contributed by atoms with van der Waals surface area (Å²) in [6.45, 7) is 3.35. The summed E-state index contributed by atoms with van der Waals surface area (Å²) in [6.07, 6.45) is 12.2. The molecule has 0 radical (unpaired) electrons. The van der Waals surface area contributed by atoms with E-state index in [9.17, 15) is 0 Å². The second-order valence-corrected chi connectivity index (χ2v) is 7.61. The second kappa shape index (κ2) is 9.62. The van der Waals surface area contributed by atoms with Gasteiger partial charge in [0.05, 0.1) is 12.7 Å². The Balaban J connectivity index is 1.22. The van der Waals surface area contributed by atoms with Crippen LogP contribution in [0.4, 0.5) is 0 Å². The number of aliphatic imine (C=N–C) groups is 1. The summed E-state index contributed by atoms with van der Waals surface area (Å²) in [4.78, 5) is 4.36. The molecule has 1 heterocycles. The van der Waals surface area contributed by atoms with Crippen LogP contribution in [0.15, 0.2) is 4.99 Å². The first-order chi connectivity index (χ1) is 11.9. The highest BCUT2D eigenvalue weighted by molar-refractivity contribution is 5.80. The van der Waals surface area contributed by atoms with Crippen LogP contribution in [-0.2, 0) is 9.47 Å². The maximum atomic E-state index is 5.70. The van der Waals surface area contributed by atoms with Crippen LogP contribution in [0.5, 0.6) is 0 Å². The number of nitrogens with zero attached hydrogens (tertiary/aromatic N) is 1. The maximum Gasteiger partial charge on any atom is 0.191 e. The van der Waals surface area contributed by atoms with Gasteiger partial charge in [-0.3, -0.25) is 4.99 Å². The Labute approximate surface area is 147 Å². The molecule has 24 heavy (non-hydrogen) atoms. The van der Waals surface area contributed by atoms with Crippen molar-refractivity contribution in [2.45, 2.75) is 69.9 Å². The minimum Gasteiger partial charge on any atom is -0.379 e. The first-order valence-corrected chi connectivity index (χ1v) is 10.0. The molecule has 1 saturated heterocycles. The molecule has 2 aliphatic carbocycles. The summed E-state index contributed by atoms with van der Waals surface area (Å²) in [5, 5.41) is 7.02. The van der Waals surface area contributed by atoms with Crippen LogP contribution in [-0.4, -0.2) is 51.5 Å². The van der Waals surface area contributed by atoms with E-state index >= 15 is 0 Å². The van der Waals surface area contributed by atoms with Gasteiger partial charge in [-0.25, -0.2) is 0 Å². The van der Waals surface area contributed by atoms with E-state index in [1.54, 1.807) is 0 Å². The summed E-state index contributed by atoms with van der Waals surface area (Å²) < 4.78 is 11.3. The third-order valence-electron chi connectivity index (χ3n) is 5.73. The Morgan fingerprint density at radius 3 is 2.79 bits per heavy atom. The van der Waals surface area contributed by atoms with Crippen LogP contribution in [0, 0.1) is 11.8 Å². The Kier molecular flexibility index (Phi) is 7.21. The zero-order valence-electron chi connectivity index (χ0n) is 15.3. The summed E-state index contributed by atoms with van der Waals surface area (Å²) in [7, 11) is 1.86. The van der Waals surface area contributed by atoms with E-state index < -0.39 is 0 Å².